The number of aromatic nitrogens is 2. The Hall–Kier alpha value is -2.50. The minimum Gasteiger partial charge on any atom is -0.462 e. The minimum absolute atomic E-state index is 0.352. The van der Waals surface area contributed by atoms with Crippen LogP contribution in [0.5, 0.6) is 0 Å². The van der Waals surface area contributed by atoms with E-state index in [9.17, 15) is 4.79 Å². The number of carbonyl (C=O) groups excluding carboxylic acids is 1. The molecule has 0 bridgehead atoms. The Kier molecular flexibility index (Phi) is 5.20. The van der Waals surface area contributed by atoms with Crippen molar-refractivity contribution in [2.45, 2.75) is 19.9 Å². The molecular weight excluding hydrogens is 268 g/mol. The number of nitrogens with two attached hydrogens (primary N) is 1. The number of nitrogens with zero attached hydrogens (tertiary/aromatic N) is 2. The first-order valence-corrected chi connectivity index (χ1v) is 6.98. The molecule has 112 valence electrons. The Morgan fingerprint density at radius 1 is 1.48 bits per heavy atom. The molecule has 0 fully saturated rings. The summed E-state index contributed by atoms with van der Waals surface area (Å²) in [5.41, 5.74) is 7.78. The monoisotopic (exact) mass is 288 g/mol. The number of nitrogen functional groups attached to an aromatic ring is 1. The molecule has 1 aromatic heterocycles. The van der Waals surface area contributed by atoms with Gasteiger partial charge in [0.25, 0.3) is 0 Å². The maximum Gasteiger partial charge on any atom is 0.338 e. The Balaban J connectivity index is 1.84. The fraction of sp³-hybridized carbons (Fsp3) is 0.333. The molecule has 6 heteroatoms. The Labute approximate surface area is 123 Å². The van der Waals surface area contributed by atoms with Crippen molar-refractivity contribution < 1.29 is 9.53 Å². The molecule has 0 atom stereocenters. The van der Waals surface area contributed by atoms with Crippen LogP contribution in [0.15, 0.2) is 36.7 Å². The lowest BCUT2D eigenvalue weighted by Gasteiger charge is -2.10. The number of ether oxygens (including phenoxy) is 1. The largest absolute Gasteiger partial charge is 0.462 e. The number of benzene rings is 1. The van der Waals surface area contributed by atoms with E-state index in [-0.39, 0.29) is 5.97 Å². The van der Waals surface area contributed by atoms with Crippen molar-refractivity contribution in [1.29, 1.82) is 0 Å². The van der Waals surface area contributed by atoms with Gasteiger partial charge in [0.1, 0.15) is 0 Å². The van der Waals surface area contributed by atoms with Crippen LogP contribution in [0.4, 0.5) is 11.4 Å². The van der Waals surface area contributed by atoms with Gasteiger partial charge in [0.05, 0.1) is 23.5 Å². The molecule has 0 saturated heterocycles. The maximum absolute atomic E-state index is 11.6. The predicted octanol–water partition coefficient (Wildman–Crippen LogP) is 2.14. The van der Waals surface area contributed by atoms with E-state index < -0.39 is 0 Å². The average molecular weight is 288 g/mol. The molecule has 0 aliphatic heterocycles. The fourth-order valence-electron chi connectivity index (χ4n) is 1.96. The second-order valence-electron chi connectivity index (χ2n) is 4.57. The van der Waals surface area contributed by atoms with Crippen LogP contribution in [-0.4, -0.2) is 28.9 Å². The molecule has 2 rings (SSSR count). The summed E-state index contributed by atoms with van der Waals surface area (Å²) >= 11 is 0. The Morgan fingerprint density at radius 3 is 3.00 bits per heavy atom. The highest BCUT2D eigenvalue weighted by atomic mass is 16.5. The highest BCUT2D eigenvalue weighted by molar-refractivity contribution is 5.91. The summed E-state index contributed by atoms with van der Waals surface area (Å²) in [6.07, 6.45) is 4.63. The highest BCUT2D eigenvalue weighted by Crippen LogP contribution is 2.20. The number of hydrogen-bond acceptors (Lipinski definition) is 5. The lowest BCUT2D eigenvalue weighted by atomic mass is 10.1. The Bertz CT molecular complexity index is 581. The third-order valence-electron chi connectivity index (χ3n) is 3.00. The second-order valence-corrected chi connectivity index (χ2v) is 4.57. The van der Waals surface area contributed by atoms with Crippen LogP contribution in [0.2, 0.25) is 0 Å². The normalized spacial score (nSPS) is 10.3. The van der Waals surface area contributed by atoms with E-state index in [0.717, 1.165) is 25.2 Å². The van der Waals surface area contributed by atoms with Gasteiger partial charge in [-0.15, -0.1) is 0 Å². The number of aryl methyl sites for hydroxylation is 1. The molecule has 0 saturated carbocycles. The number of anilines is 2. The van der Waals surface area contributed by atoms with E-state index in [1.165, 1.54) is 0 Å². The summed E-state index contributed by atoms with van der Waals surface area (Å²) < 4.78 is 6.82. The first-order chi connectivity index (χ1) is 10.2. The number of hydrogen-bond donors (Lipinski definition) is 2. The molecule has 3 N–H and O–H groups in total. The number of rotatable bonds is 7. The quantitative estimate of drug-likeness (QED) is 0.463. The molecule has 0 radical (unpaired) electrons. The van der Waals surface area contributed by atoms with Crippen molar-refractivity contribution in [2.75, 3.05) is 24.2 Å². The van der Waals surface area contributed by atoms with Gasteiger partial charge in [-0.05, 0) is 37.6 Å². The Morgan fingerprint density at radius 2 is 2.33 bits per heavy atom. The molecule has 6 nitrogen and oxygen atoms in total. The molecule has 21 heavy (non-hydrogen) atoms. The molecular formula is C15H20N4O2. The van der Waals surface area contributed by atoms with Gasteiger partial charge in [-0.1, -0.05) is 0 Å². The van der Waals surface area contributed by atoms with Crippen LogP contribution >= 0.6 is 0 Å². The van der Waals surface area contributed by atoms with Gasteiger partial charge in [0.2, 0.25) is 0 Å². The SMILES string of the molecule is CCOC(=O)c1ccc(NCCCn2cccn2)c(N)c1. The van der Waals surface area contributed by atoms with Gasteiger partial charge in [0, 0.05) is 25.5 Å². The van der Waals surface area contributed by atoms with E-state index in [2.05, 4.69) is 10.4 Å². The van der Waals surface area contributed by atoms with Crippen LogP contribution in [0.1, 0.15) is 23.7 Å². The standard InChI is InChI=1S/C15H20N4O2/c1-2-21-15(20)12-5-6-14(13(16)11-12)17-7-3-9-19-10-4-8-18-19/h4-6,8,10-11,17H,2-3,7,9,16H2,1H3. The fourth-order valence-corrected chi connectivity index (χ4v) is 1.96. The highest BCUT2D eigenvalue weighted by Gasteiger charge is 2.08. The first kappa shape index (κ1) is 14.9. The van der Waals surface area contributed by atoms with Crippen molar-refractivity contribution >= 4 is 17.3 Å². The van der Waals surface area contributed by atoms with Gasteiger partial charge in [-0.25, -0.2) is 4.79 Å². The zero-order valence-electron chi connectivity index (χ0n) is 12.1. The van der Waals surface area contributed by atoms with Crippen molar-refractivity contribution in [2.24, 2.45) is 0 Å². The molecule has 1 heterocycles. The summed E-state index contributed by atoms with van der Waals surface area (Å²) in [6.45, 7) is 3.76. The van der Waals surface area contributed by atoms with Gasteiger partial charge in [-0.3, -0.25) is 4.68 Å². The van der Waals surface area contributed by atoms with E-state index in [1.807, 2.05) is 16.9 Å². The number of esters is 1. The van der Waals surface area contributed by atoms with Crippen molar-refractivity contribution in [1.82, 2.24) is 9.78 Å². The topological polar surface area (TPSA) is 82.2 Å². The minimum atomic E-state index is -0.352. The molecule has 0 aliphatic carbocycles. The van der Waals surface area contributed by atoms with Crippen LogP contribution in [0.25, 0.3) is 0 Å². The van der Waals surface area contributed by atoms with E-state index >= 15 is 0 Å². The summed E-state index contributed by atoms with van der Waals surface area (Å²) in [6, 6.07) is 7.05. The third-order valence-corrected chi connectivity index (χ3v) is 3.00. The molecule has 0 aliphatic rings. The molecule has 0 amide bonds. The zero-order valence-corrected chi connectivity index (χ0v) is 12.1. The van der Waals surface area contributed by atoms with Crippen molar-refractivity contribution in [3.05, 3.63) is 42.2 Å². The van der Waals surface area contributed by atoms with E-state index in [4.69, 9.17) is 10.5 Å². The third kappa shape index (κ3) is 4.24. The summed E-state index contributed by atoms with van der Waals surface area (Å²) in [7, 11) is 0. The first-order valence-electron chi connectivity index (χ1n) is 6.98. The van der Waals surface area contributed by atoms with Crippen LogP contribution in [0.3, 0.4) is 0 Å². The summed E-state index contributed by atoms with van der Waals surface area (Å²) in [5.74, 6) is -0.352. The smallest absolute Gasteiger partial charge is 0.338 e. The summed E-state index contributed by atoms with van der Waals surface area (Å²) in [4.78, 5) is 11.6. The van der Waals surface area contributed by atoms with E-state index in [1.54, 1.807) is 31.3 Å². The number of nitrogens with one attached hydrogen (secondary N) is 1. The van der Waals surface area contributed by atoms with Crippen LogP contribution in [-0.2, 0) is 11.3 Å². The molecule has 1 aromatic carbocycles. The molecule has 2 aromatic rings. The van der Waals surface area contributed by atoms with Gasteiger partial charge in [-0.2, -0.15) is 5.10 Å². The lowest BCUT2D eigenvalue weighted by Crippen LogP contribution is -2.10. The average Bonchev–Trinajstić information content (AvgIpc) is 2.98. The van der Waals surface area contributed by atoms with Crippen LogP contribution in [0, 0.1) is 0 Å². The molecule has 0 spiro atoms. The van der Waals surface area contributed by atoms with Crippen molar-refractivity contribution in [3.8, 4) is 0 Å². The maximum atomic E-state index is 11.6. The second kappa shape index (κ2) is 7.33. The van der Waals surface area contributed by atoms with Gasteiger partial charge >= 0.3 is 5.97 Å². The van der Waals surface area contributed by atoms with Gasteiger partial charge < -0.3 is 15.8 Å². The summed E-state index contributed by atoms with van der Waals surface area (Å²) in [5, 5.41) is 7.39. The number of carbonyl (C=O) groups is 1. The van der Waals surface area contributed by atoms with E-state index in [0.29, 0.717) is 17.9 Å². The van der Waals surface area contributed by atoms with Gasteiger partial charge in [0.15, 0.2) is 0 Å². The molecule has 0 unspecified atom stereocenters. The van der Waals surface area contributed by atoms with Crippen LogP contribution < -0.4 is 11.1 Å². The lowest BCUT2D eigenvalue weighted by molar-refractivity contribution is 0.0526. The predicted molar refractivity (Wildman–Crippen MR) is 82.1 cm³/mol. The van der Waals surface area contributed by atoms with Crippen molar-refractivity contribution in [3.63, 3.8) is 0 Å². The zero-order chi connectivity index (χ0) is 15.1.